The molecule has 130 valence electrons. The van der Waals surface area contributed by atoms with E-state index in [1.165, 1.54) is 22.5 Å². The van der Waals surface area contributed by atoms with Crippen molar-refractivity contribution in [2.24, 2.45) is 4.99 Å². The molecular formula is C21H27N4+. The zero-order valence-electron chi connectivity index (χ0n) is 15.6. The van der Waals surface area contributed by atoms with Crippen LogP contribution in [0.1, 0.15) is 11.1 Å². The van der Waals surface area contributed by atoms with Crippen LogP contribution in [0.3, 0.4) is 0 Å². The zero-order valence-corrected chi connectivity index (χ0v) is 15.6. The Morgan fingerprint density at radius 1 is 0.720 bits per heavy atom. The van der Waals surface area contributed by atoms with Crippen molar-refractivity contribution in [2.75, 3.05) is 38.0 Å². The van der Waals surface area contributed by atoms with Gasteiger partial charge in [-0.15, -0.1) is 0 Å². The predicted molar refractivity (Wildman–Crippen MR) is 107 cm³/mol. The molecule has 2 aromatic carbocycles. The Bertz CT molecular complexity index is 688. The Balaban J connectivity index is 1.77. The molecule has 0 spiro atoms. The number of benzene rings is 2. The maximum Gasteiger partial charge on any atom is 0.195 e. The van der Waals surface area contributed by atoms with Crippen LogP contribution in [0.5, 0.6) is 0 Å². The van der Waals surface area contributed by atoms with E-state index in [0.29, 0.717) is 0 Å². The lowest BCUT2D eigenvalue weighted by Gasteiger charge is -2.28. The van der Waals surface area contributed by atoms with E-state index in [1.54, 1.807) is 0 Å². The molecule has 0 fully saturated rings. The quantitative estimate of drug-likeness (QED) is 0.747. The van der Waals surface area contributed by atoms with Crippen LogP contribution >= 0.6 is 0 Å². The first-order valence-corrected chi connectivity index (χ1v) is 8.58. The van der Waals surface area contributed by atoms with Gasteiger partial charge in [-0.1, -0.05) is 24.3 Å². The summed E-state index contributed by atoms with van der Waals surface area (Å²) in [6.45, 7) is 1.81. The van der Waals surface area contributed by atoms with E-state index < -0.39 is 0 Å². The molecule has 0 aliphatic carbocycles. The van der Waals surface area contributed by atoms with E-state index in [9.17, 15) is 0 Å². The number of hydrogen-bond acceptors (Lipinski definition) is 3. The third-order valence-corrected chi connectivity index (χ3v) is 4.61. The van der Waals surface area contributed by atoms with E-state index >= 15 is 0 Å². The lowest BCUT2D eigenvalue weighted by Crippen LogP contribution is -2.38. The predicted octanol–water partition coefficient (Wildman–Crippen LogP) is 3.85. The molecule has 0 saturated heterocycles. The molecule has 3 rings (SSSR count). The summed E-state index contributed by atoms with van der Waals surface area (Å²) in [5.74, 6) is 0. The van der Waals surface area contributed by atoms with Crippen LogP contribution in [-0.2, 0) is 13.1 Å². The molecule has 1 aliphatic heterocycles. The Kier molecular flexibility index (Phi) is 4.91. The number of aliphatic imine (C=N–C) groups is 1. The average molecular weight is 335 g/mol. The van der Waals surface area contributed by atoms with E-state index in [1.807, 2.05) is 12.5 Å². The minimum Gasteiger partial charge on any atom is -0.378 e. The van der Waals surface area contributed by atoms with Crippen molar-refractivity contribution >= 4 is 17.7 Å². The Morgan fingerprint density at radius 2 is 1.16 bits per heavy atom. The Morgan fingerprint density at radius 3 is 1.48 bits per heavy atom. The molecule has 1 aliphatic rings. The third kappa shape index (κ3) is 4.09. The maximum atomic E-state index is 4.37. The largest absolute Gasteiger partial charge is 0.378 e. The summed E-state index contributed by atoms with van der Waals surface area (Å²) < 4.78 is 0.725. The van der Waals surface area contributed by atoms with Crippen LogP contribution in [0.2, 0.25) is 0 Å². The van der Waals surface area contributed by atoms with Gasteiger partial charge < -0.3 is 9.80 Å². The van der Waals surface area contributed by atoms with Crippen LogP contribution in [0.25, 0.3) is 0 Å². The lowest BCUT2D eigenvalue weighted by molar-refractivity contribution is -0.808. The second kappa shape index (κ2) is 7.11. The highest BCUT2D eigenvalue weighted by atomic mass is 15.4. The number of quaternary nitrogens is 1. The van der Waals surface area contributed by atoms with Crippen molar-refractivity contribution < 1.29 is 4.48 Å². The molecular weight excluding hydrogens is 308 g/mol. The summed E-state index contributed by atoms with van der Waals surface area (Å²) in [6, 6.07) is 17.6. The van der Waals surface area contributed by atoms with Gasteiger partial charge in [-0.25, -0.2) is 9.48 Å². The maximum absolute atomic E-state index is 4.37. The SMILES string of the molecule is CN(C)c1ccc(C[N+]2(Cc3ccc(N(C)C)cc3)C=CN=C2)cc1. The van der Waals surface area contributed by atoms with Gasteiger partial charge in [0, 0.05) is 50.7 Å². The number of anilines is 2. The first kappa shape index (κ1) is 17.2. The minimum absolute atomic E-state index is 0.725. The average Bonchev–Trinajstić information content (AvgIpc) is 3.04. The highest BCUT2D eigenvalue weighted by Gasteiger charge is 2.27. The van der Waals surface area contributed by atoms with Crippen LogP contribution in [0, 0.1) is 0 Å². The summed E-state index contributed by atoms with van der Waals surface area (Å²) in [7, 11) is 8.26. The first-order valence-electron chi connectivity index (χ1n) is 8.58. The second-order valence-electron chi connectivity index (χ2n) is 7.10. The van der Waals surface area contributed by atoms with Gasteiger partial charge in [0.15, 0.2) is 6.34 Å². The van der Waals surface area contributed by atoms with Crippen LogP contribution in [0.15, 0.2) is 65.9 Å². The van der Waals surface area contributed by atoms with Crippen LogP contribution < -0.4 is 9.80 Å². The minimum atomic E-state index is 0.725. The summed E-state index contributed by atoms with van der Waals surface area (Å²) in [5, 5.41) is 0. The molecule has 1 heterocycles. The third-order valence-electron chi connectivity index (χ3n) is 4.61. The molecule has 4 heteroatoms. The monoisotopic (exact) mass is 335 g/mol. The normalized spacial score (nSPS) is 14.7. The molecule has 0 N–H and O–H groups in total. The second-order valence-corrected chi connectivity index (χ2v) is 7.10. The Hall–Kier alpha value is -2.59. The molecule has 0 amide bonds. The van der Waals surface area contributed by atoms with Gasteiger partial charge in [-0.05, 0) is 24.3 Å². The van der Waals surface area contributed by atoms with Crippen molar-refractivity contribution in [3.63, 3.8) is 0 Å². The zero-order chi connectivity index (χ0) is 17.9. The molecule has 0 radical (unpaired) electrons. The fraction of sp³-hybridized carbons (Fsp3) is 0.286. The van der Waals surface area contributed by atoms with Crippen molar-refractivity contribution in [2.45, 2.75) is 13.1 Å². The van der Waals surface area contributed by atoms with Crippen molar-refractivity contribution in [3.05, 3.63) is 72.1 Å². The van der Waals surface area contributed by atoms with Crippen LogP contribution in [-0.4, -0.2) is 39.0 Å². The summed E-state index contributed by atoms with van der Waals surface area (Å²) in [5.41, 5.74) is 5.07. The molecule has 0 saturated carbocycles. The van der Waals surface area contributed by atoms with Gasteiger partial charge >= 0.3 is 0 Å². The molecule has 0 aromatic heterocycles. The van der Waals surface area contributed by atoms with Gasteiger partial charge in [0.05, 0.1) is 6.20 Å². The highest BCUT2D eigenvalue weighted by molar-refractivity contribution is 5.52. The number of rotatable bonds is 6. The standard InChI is InChI=1S/C21H27N4/c1-23(2)20-9-5-18(6-10-20)15-25(14-13-22-17-25)16-19-7-11-21(12-8-19)24(3)4/h5-14,17H,15-16H2,1-4H3/q+1. The smallest absolute Gasteiger partial charge is 0.195 e. The van der Waals surface area contributed by atoms with E-state index in [-0.39, 0.29) is 0 Å². The number of nitrogens with zero attached hydrogens (tertiary/aromatic N) is 4. The van der Waals surface area contributed by atoms with E-state index in [0.717, 1.165) is 17.6 Å². The van der Waals surface area contributed by atoms with Gasteiger partial charge in [-0.2, -0.15) is 0 Å². The fourth-order valence-electron chi connectivity index (χ4n) is 3.10. The molecule has 2 aromatic rings. The fourth-order valence-corrected chi connectivity index (χ4v) is 3.10. The van der Waals surface area contributed by atoms with Gasteiger partial charge in [0.25, 0.3) is 0 Å². The van der Waals surface area contributed by atoms with Crippen molar-refractivity contribution in [3.8, 4) is 0 Å². The Labute approximate surface area is 150 Å². The van der Waals surface area contributed by atoms with Gasteiger partial charge in [-0.3, -0.25) is 0 Å². The lowest BCUT2D eigenvalue weighted by atomic mass is 10.1. The molecule has 25 heavy (non-hydrogen) atoms. The highest BCUT2D eigenvalue weighted by Crippen LogP contribution is 2.24. The van der Waals surface area contributed by atoms with Gasteiger partial charge in [0.1, 0.15) is 19.3 Å². The van der Waals surface area contributed by atoms with Crippen molar-refractivity contribution in [1.29, 1.82) is 0 Å². The molecule has 4 nitrogen and oxygen atoms in total. The molecule has 0 atom stereocenters. The summed E-state index contributed by atoms with van der Waals surface area (Å²) in [4.78, 5) is 8.62. The molecule has 0 unspecified atom stereocenters. The van der Waals surface area contributed by atoms with Crippen LogP contribution in [0.4, 0.5) is 11.4 Å². The van der Waals surface area contributed by atoms with E-state index in [4.69, 9.17) is 0 Å². The molecule has 0 bridgehead atoms. The summed E-state index contributed by atoms with van der Waals surface area (Å²) in [6.07, 6.45) is 6.13. The van der Waals surface area contributed by atoms with E-state index in [2.05, 4.69) is 97.7 Å². The van der Waals surface area contributed by atoms with Gasteiger partial charge in [0.2, 0.25) is 0 Å². The van der Waals surface area contributed by atoms with Crippen molar-refractivity contribution in [1.82, 2.24) is 0 Å². The summed E-state index contributed by atoms with van der Waals surface area (Å²) >= 11 is 0. The first-order chi connectivity index (χ1) is 12.0. The topological polar surface area (TPSA) is 18.8 Å². The number of hydrogen-bond donors (Lipinski definition) is 0.